The molecule has 1 aromatic heterocycles. The molecular formula is C5H6N2OS. The van der Waals surface area contributed by atoms with E-state index in [4.69, 9.17) is 5.21 Å². The maximum atomic E-state index is 8.07. The molecule has 0 bridgehead atoms. The molecule has 0 aliphatic heterocycles. The average Bonchev–Trinajstić information content (AvgIpc) is 2.17. The van der Waals surface area contributed by atoms with Crippen LogP contribution in [-0.2, 0) is 0 Å². The minimum absolute atomic E-state index is 0.731. The van der Waals surface area contributed by atoms with Gasteiger partial charge in [0.25, 0.3) is 0 Å². The summed E-state index contributed by atoms with van der Waals surface area (Å²) in [7, 11) is 0. The maximum Gasteiger partial charge on any atom is 0.138 e. The standard InChI is InChI=1S/C5H6N2OS/c1-4-3-9-5(7-4)2-6-8/h2-3,8H,1H3. The van der Waals surface area contributed by atoms with Crippen LogP contribution in [-0.4, -0.2) is 16.4 Å². The Kier molecular flexibility index (Phi) is 1.79. The van der Waals surface area contributed by atoms with Gasteiger partial charge in [-0.05, 0) is 6.92 Å². The van der Waals surface area contributed by atoms with E-state index < -0.39 is 0 Å². The summed E-state index contributed by atoms with van der Waals surface area (Å²) in [6, 6.07) is 0. The van der Waals surface area contributed by atoms with Crippen molar-refractivity contribution in [3.63, 3.8) is 0 Å². The van der Waals surface area contributed by atoms with Crippen LogP contribution in [0.1, 0.15) is 10.7 Å². The first-order chi connectivity index (χ1) is 4.33. The molecule has 1 N–H and O–H groups in total. The molecule has 1 aromatic rings. The Hall–Kier alpha value is -0.900. The number of oxime groups is 1. The summed E-state index contributed by atoms with van der Waals surface area (Å²) in [5, 5.41) is 13.5. The Balaban J connectivity index is 2.85. The van der Waals surface area contributed by atoms with Gasteiger partial charge in [0.1, 0.15) is 11.2 Å². The molecule has 3 nitrogen and oxygen atoms in total. The molecule has 0 unspecified atom stereocenters. The lowest BCUT2D eigenvalue weighted by atomic mass is 10.6. The highest BCUT2D eigenvalue weighted by molar-refractivity contribution is 7.11. The number of nitrogens with zero attached hydrogens (tertiary/aromatic N) is 2. The van der Waals surface area contributed by atoms with Crippen LogP contribution in [0.4, 0.5) is 0 Å². The van der Waals surface area contributed by atoms with Crippen LogP contribution in [0.2, 0.25) is 0 Å². The van der Waals surface area contributed by atoms with E-state index in [0.29, 0.717) is 0 Å². The van der Waals surface area contributed by atoms with Crippen LogP contribution in [0.5, 0.6) is 0 Å². The highest BCUT2D eigenvalue weighted by atomic mass is 32.1. The van der Waals surface area contributed by atoms with Crippen LogP contribution in [0.3, 0.4) is 0 Å². The van der Waals surface area contributed by atoms with Gasteiger partial charge in [-0.15, -0.1) is 11.3 Å². The molecule has 0 aliphatic rings. The molecule has 0 radical (unpaired) electrons. The van der Waals surface area contributed by atoms with E-state index >= 15 is 0 Å². The second-order valence-electron chi connectivity index (χ2n) is 1.57. The Morgan fingerprint density at radius 1 is 1.89 bits per heavy atom. The monoisotopic (exact) mass is 142 g/mol. The molecule has 0 amide bonds. The molecule has 9 heavy (non-hydrogen) atoms. The smallest absolute Gasteiger partial charge is 0.138 e. The summed E-state index contributed by atoms with van der Waals surface area (Å²) in [5.41, 5.74) is 0.954. The number of hydrogen-bond donors (Lipinski definition) is 1. The van der Waals surface area contributed by atoms with Crippen molar-refractivity contribution in [1.29, 1.82) is 0 Å². The predicted molar refractivity (Wildman–Crippen MR) is 36.2 cm³/mol. The van der Waals surface area contributed by atoms with Crippen molar-refractivity contribution in [1.82, 2.24) is 4.98 Å². The summed E-state index contributed by atoms with van der Waals surface area (Å²) in [6.45, 7) is 1.89. The Bertz CT molecular complexity index is 218. The van der Waals surface area contributed by atoms with E-state index in [2.05, 4.69) is 10.1 Å². The lowest BCUT2D eigenvalue weighted by molar-refractivity contribution is 0.322. The second-order valence-corrected chi connectivity index (χ2v) is 2.46. The van der Waals surface area contributed by atoms with Crippen LogP contribution in [0.25, 0.3) is 0 Å². The van der Waals surface area contributed by atoms with E-state index in [9.17, 15) is 0 Å². The molecule has 0 saturated carbocycles. The summed E-state index contributed by atoms with van der Waals surface area (Å²) in [6.07, 6.45) is 1.32. The Labute approximate surface area is 56.7 Å². The minimum Gasteiger partial charge on any atom is -0.411 e. The van der Waals surface area contributed by atoms with E-state index in [0.717, 1.165) is 10.7 Å². The number of aromatic nitrogens is 1. The van der Waals surface area contributed by atoms with Gasteiger partial charge in [0.2, 0.25) is 0 Å². The van der Waals surface area contributed by atoms with Gasteiger partial charge in [-0.1, -0.05) is 5.16 Å². The zero-order chi connectivity index (χ0) is 6.69. The van der Waals surface area contributed by atoms with Gasteiger partial charge in [0.15, 0.2) is 0 Å². The Morgan fingerprint density at radius 3 is 3.11 bits per heavy atom. The molecule has 0 spiro atoms. The van der Waals surface area contributed by atoms with Crippen LogP contribution in [0, 0.1) is 6.92 Å². The fourth-order valence-corrected chi connectivity index (χ4v) is 1.13. The molecule has 0 fully saturated rings. The quantitative estimate of drug-likeness (QED) is 0.364. The third-order valence-electron chi connectivity index (χ3n) is 0.805. The van der Waals surface area contributed by atoms with Gasteiger partial charge < -0.3 is 5.21 Å². The van der Waals surface area contributed by atoms with Crippen molar-refractivity contribution in [2.45, 2.75) is 6.92 Å². The molecule has 0 aliphatic carbocycles. The fraction of sp³-hybridized carbons (Fsp3) is 0.200. The van der Waals surface area contributed by atoms with Crippen molar-refractivity contribution in [2.75, 3.05) is 0 Å². The van der Waals surface area contributed by atoms with Gasteiger partial charge >= 0.3 is 0 Å². The molecule has 48 valence electrons. The first-order valence-electron chi connectivity index (χ1n) is 2.42. The molecule has 0 atom stereocenters. The SMILES string of the molecule is Cc1csc(C=NO)n1. The zero-order valence-corrected chi connectivity index (χ0v) is 5.72. The normalized spacial score (nSPS) is 10.8. The summed E-state index contributed by atoms with van der Waals surface area (Å²) in [5.74, 6) is 0. The van der Waals surface area contributed by atoms with Crippen molar-refractivity contribution >= 4 is 17.6 Å². The minimum atomic E-state index is 0.731. The molecule has 0 aromatic carbocycles. The van der Waals surface area contributed by atoms with Gasteiger partial charge in [0, 0.05) is 11.1 Å². The third-order valence-corrected chi connectivity index (χ3v) is 1.70. The van der Waals surface area contributed by atoms with Gasteiger partial charge in [0.05, 0.1) is 0 Å². The maximum absolute atomic E-state index is 8.07. The summed E-state index contributed by atoms with van der Waals surface area (Å²) < 4.78 is 0. The lowest BCUT2D eigenvalue weighted by Crippen LogP contribution is -1.77. The molecule has 0 saturated heterocycles. The fourth-order valence-electron chi connectivity index (χ4n) is 0.481. The number of thiazole rings is 1. The highest BCUT2D eigenvalue weighted by Gasteiger charge is 1.91. The Morgan fingerprint density at radius 2 is 2.67 bits per heavy atom. The van der Waals surface area contributed by atoms with Crippen LogP contribution in [0.15, 0.2) is 10.5 Å². The van der Waals surface area contributed by atoms with Crippen molar-refractivity contribution in [2.24, 2.45) is 5.16 Å². The number of hydrogen-bond acceptors (Lipinski definition) is 4. The van der Waals surface area contributed by atoms with Crippen molar-refractivity contribution in [3.05, 3.63) is 16.1 Å². The van der Waals surface area contributed by atoms with E-state index in [1.807, 2.05) is 12.3 Å². The summed E-state index contributed by atoms with van der Waals surface area (Å²) >= 11 is 1.45. The first-order valence-corrected chi connectivity index (χ1v) is 3.30. The van der Waals surface area contributed by atoms with Crippen LogP contribution < -0.4 is 0 Å². The van der Waals surface area contributed by atoms with Crippen LogP contribution >= 0.6 is 11.3 Å². The van der Waals surface area contributed by atoms with Gasteiger partial charge in [-0.25, -0.2) is 4.98 Å². The largest absolute Gasteiger partial charge is 0.411 e. The average molecular weight is 142 g/mol. The first kappa shape index (κ1) is 6.22. The summed E-state index contributed by atoms with van der Waals surface area (Å²) in [4.78, 5) is 4.01. The van der Waals surface area contributed by atoms with Crippen molar-refractivity contribution < 1.29 is 5.21 Å². The van der Waals surface area contributed by atoms with E-state index in [1.165, 1.54) is 17.6 Å². The molecule has 4 heteroatoms. The van der Waals surface area contributed by atoms with Crippen molar-refractivity contribution in [3.8, 4) is 0 Å². The van der Waals surface area contributed by atoms with Gasteiger partial charge in [-0.3, -0.25) is 0 Å². The molecule has 1 heterocycles. The highest BCUT2D eigenvalue weighted by Crippen LogP contribution is 2.04. The lowest BCUT2D eigenvalue weighted by Gasteiger charge is -1.75. The van der Waals surface area contributed by atoms with Gasteiger partial charge in [-0.2, -0.15) is 0 Å². The topological polar surface area (TPSA) is 45.5 Å². The zero-order valence-electron chi connectivity index (χ0n) is 4.90. The van der Waals surface area contributed by atoms with E-state index in [-0.39, 0.29) is 0 Å². The molecular weight excluding hydrogens is 136 g/mol. The predicted octanol–water partition coefficient (Wildman–Crippen LogP) is 1.26. The number of aryl methyl sites for hydroxylation is 1. The second kappa shape index (κ2) is 2.59. The molecule has 1 rings (SSSR count). The third kappa shape index (κ3) is 1.50. The van der Waals surface area contributed by atoms with E-state index in [1.54, 1.807) is 0 Å². The number of rotatable bonds is 1.